The molecule has 1 saturated carbocycles. The number of carbonyl (C=O) groups excluding carboxylic acids is 1. The van der Waals surface area contributed by atoms with Crippen LogP contribution in [0.1, 0.15) is 32.6 Å². The molecule has 4 heteroatoms. The number of fused-ring (bicyclic) bond motifs is 1. The fourth-order valence-corrected chi connectivity index (χ4v) is 3.11. The summed E-state index contributed by atoms with van der Waals surface area (Å²) in [6.45, 7) is 5.34. The van der Waals surface area contributed by atoms with Crippen LogP contribution < -0.4 is 10.6 Å². The van der Waals surface area contributed by atoms with Crippen LogP contribution in [0.3, 0.4) is 0 Å². The fourth-order valence-electron chi connectivity index (χ4n) is 3.11. The normalized spacial score (nSPS) is 35.4. The first-order valence-electron chi connectivity index (χ1n) is 7.02. The Hall–Kier alpha value is -0.610. The molecular formula is C13H23N3O. The molecule has 2 aliphatic heterocycles. The van der Waals surface area contributed by atoms with Crippen molar-refractivity contribution in [2.24, 2.45) is 5.92 Å². The van der Waals surface area contributed by atoms with Crippen LogP contribution in [0.2, 0.25) is 0 Å². The molecule has 17 heavy (non-hydrogen) atoms. The van der Waals surface area contributed by atoms with Gasteiger partial charge in [-0.05, 0) is 45.1 Å². The van der Waals surface area contributed by atoms with Crippen molar-refractivity contribution >= 4 is 5.91 Å². The summed E-state index contributed by atoms with van der Waals surface area (Å²) in [4.78, 5) is 14.4. The van der Waals surface area contributed by atoms with E-state index in [4.69, 9.17) is 0 Å². The highest BCUT2D eigenvalue weighted by Gasteiger charge is 2.38. The Kier molecular flexibility index (Phi) is 3.09. The van der Waals surface area contributed by atoms with Gasteiger partial charge in [-0.2, -0.15) is 0 Å². The Morgan fingerprint density at radius 2 is 2.18 bits per heavy atom. The Morgan fingerprint density at radius 1 is 1.35 bits per heavy atom. The summed E-state index contributed by atoms with van der Waals surface area (Å²) >= 11 is 0. The summed E-state index contributed by atoms with van der Waals surface area (Å²) in [7, 11) is 0. The molecule has 3 aliphatic rings. The Balaban J connectivity index is 1.55. The maximum atomic E-state index is 12.0. The van der Waals surface area contributed by atoms with E-state index < -0.39 is 0 Å². The number of rotatable bonds is 3. The van der Waals surface area contributed by atoms with Crippen LogP contribution >= 0.6 is 0 Å². The second-order valence-corrected chi connectivity index (χ2v) is 5.88. The van der Waals surface area contributed by atoms with E-state index in [9.17, 15) is 4.79 Å². The number of nitrogens with one attached hydrogen (secondary N) is 2. The molecule has 0 aromatic heterocycles. The third-order valence-corrected chi connectivity index (χ3v) is 4.48. The monoisotopic (exact) mass is 237 g/mol. The molecular weight excluding hydrogens is 214 g/mol. The highest BCUT2D eigenvalue weighted by molar-refractivity contribution is 5.81. The summed E-state index contributed by atoms with van der Waals surface area (Å²) in [5, 5.41) is 6.70. The van der Waals surface area contributed by atoms with Crippen LogP contribution in [0, 0.1) is 5.92 Å². The highest BCUT2D eigenvalue weighted by Crippen LogP contribution is 2.26. The first-order valence-corrected chi connectivity index (χ1v) is 7.02. The lowest BCUT2D eigenvalue weighted by Gasteiger charge is -2.25. The molecule has 0 spiro atoms. The van der Waals surface area contributed by atoms with Crippen molar-refractivity contribution in [1.29, 1.82) is 0 Å². The van der Waals surface area contributed by atoms with E-state index in [0.717, 1.165) is 25.6 Å². The molecule has 3 unspecified atom stereocenters. The van der Waals surface area contributed by atoms with E-state index >= 15 is 0 Å². The standard InChI is InChI=1S/C13H23N3O/c1-9(13(17)15-11-4-5-11)16-7-10-3-2-6-14-12(10)8-16/h9-12,14H,2-8H2,1H3,(H,15,17). The van der Waals surface area contributed by atoms with Crippen LogP contribution in [-0.2, 0) is 4.79 Å². The van der Waals surface area contributed by atoms with Crippen LogP contribution in [0.5, 0.6) is 0 Å². The lowest BCUT2D eigenvalue weighted by Crippen LogP contribution is -2.46. The molecule has 3 atom stereocenters. The van der Waals surface area contributed by atoms with E-state index in [-0.39, 0.29) is 11.9 Å². The zero-order chi connectivity index (χ0) is 11.8. The molecule has 4 nitrogen and oxygen atoms in total. The SMILES string of the molecule is CC(C(=O)NC1CC1)N1CC2CCCNC2C1. The van der Waals surface area contributed by atoms with Gasteiger partial charge in [-0.15, -0.1) is 0 Å². The number of likely N-dealkylation sites (tertiary alicyclic amines) is 1. The van der Waals surface area contributed by atoms with Crippen LogP contribution in [0.4, 0.5) is 0 Å². The Bertz CT molecular complexity index is 289. The van der Waals surface area contributed by atoms with E-state index in [2.05, 4.69) is 22.5 Å². The first kappa shape index (κ1) is 11.5. The molecule has 96 valence electrons. The van der Waals surface area contributed by atoms with E-state index in [0.29, 0.717) is 12.1 Å². The molecule has 3 fully saturated rings. The first-order chi connectivity index (χ1) is 8.24. The third-order valence-electron chi connectivity index (χ3n) is 4.48. The largest absolute Gasteiger partial charge is 0.352 e. The van der Waals surface area contributed by atoms with E-state index in [1.807, 2.05) is 0 Å². The van der Waals surface area contributed by atoms with E-state index in [1.54, 1.807) is 0 Å². The van der Waals surface area contributed by atoms with Gasteiger partial charge < -0.3 is 10.6 Å². The summed E-state index contributed by atoms with van der Waals surface area (Å²) < 4.78 is 0. The van der Waals surface area contributed by atoms with Gasteiger partial charge in [0.15, 0.2) is 0 Å². The average Bonchev–Trinajstić information content (AvgIpc) is 3.04. The molecule has 0 aromatic carbocycles. The predicted molar refractivity (Wildman–Crippen MR) is 66.7 cm³/mol. The number of piperidine rings is 1. The number of amides is 1. The molecule has 2 saturated heterocycles. The molecule has 0 aromatic rings. The third kappa shape index (κ3) is 2.47. The molecule has 0 bridgehead atoms. The van der Waals surface area contributed by atoms with Crippen molar-refractivity contribution < 1.29 is 4.79 Å². The molecule has 2 heterocycles. The quantitative estimate of drug-likeness (QED) is 0.744. The second kappa shape index (κ2) is 4.58. The minimum absolute atomic E-state index is 0.0444. The molecule has 1 amide bonds. The molecule has 2 N–H and O–H groups in total. The van der Waals surface area contributed by atoms with Crippen molar-refractivity contribution in [1.82, 2.24) is 15.5 Å². The zero-order valence-corrected chi connectivity index (χ0v) is 10.6. The number of carbonyl (C=O) groups is 1. The minimum atomic E-state index is 0.0444. The van der Waals surface area contributed by atoms with Crippen LogP contribution in [0.25, 0.3) is 0 Å². The smallest absolute Gasteiger partial charge is 0.237 e. The minimum Gasteiger partial charge on any atom is -0.352 e. The molecule has 0 radical (unpaired) electrons. The van der Waals surface area contributed by atoms with Crippen LogP contribution in [0.15, 0.2) is 0 Å². The topological polar surface area (TPSA) is 44.4 Å². The summed E-state index contributed by atoms with van der Waals surface area (Å²) in [5.41, 5.74) is 0. The lowest BCUT2D eigenvalue weighted by atomic mass is 9.94. The van der Waals surface area contributed by atoms with Gasteiger partial charge in [0.05, 0.1) is 6.04 Å². The lowest BCUT2D eigenvalue weighted by molar-refractivity contribution is -0.125. The summed E-state index contributed by atoms with van der Waals surface area (Å²) in [6.07, 6.45) is 4.96. The van der Waals surface area contributed by atoms with Gasteiger partial charge in [0, 0.05) is 25.2 Å². The second-order valence-electron chi connectivity index (χ2n) is 5.88. The van der Waals surface area contributed by atoms with Crippen molar-refractivity contribution in [2.75, 3.05) is 19.6 Å². The van der Waals surface area contributed by atoms with Gasteiger partial charge in [-0.1, -0.05) is 0 Å². The Labute approximate surface area is 103 Å². The fraction of sp³-hybridized carbons (Fsp3) is 0.923. The zero-order valence-electron chi connectivity index (χ0n) is 10.6. The summed E-state index contributed by atoms with van der Waals surface area (Å²) in [6, 6.07) is 1.15. The van der Waals surface area contributed by atoms with Gasteiger partial charge >= 0.3 is 0 Å². The highest BCUT2D eigenvalue weighted by atomic mass is 16.2. The van der Waals surface area contributed by atoms with Gasteiger partial charge in [0.1, 0.15) is 0 Å². The van der Waals surface area contributed by atoms with Gasteiger partial charge in [0.2, 0.25) is 5.91 Å². The van der Waals surface area contributed by atoms with Crippen molar-refractivity contribution in [3.05, 3.63) is 0 Å². The van der Waals surface area contributed by atoms with Crippen molar-refractivity contribution in [3.63, 3.8) is 0 Å². The maximum absolute atomic E-state index is 12.0. The number of nitrogens with zero attached hydrogens (tertiary/aromatic N) is 1. The van der Waals surface area contributed by atoms with Gasteiger partial charge in [-0.25, -0.2) is 0 Å². The number of hydrogen-bond donors (Lipinski definition) is 2. The predicted octanol–water partition coefficient (Wildman–Crippen LogP) is 0.337. The molecule has 1 aliphatic carbocycles. The average molecular weight is 237 g/mol. The van der Waals surface area contributed by atoms with Crippen molar-refractivity contribution in [2.45, 2.75) is 50.7 Å². The summed E-state index contributed by atoms with van der Waals surface area (Å²) in [5.74, 6) is 0.992. The van der Waals surface area contributed by atoms with Crippen molar-refractivity contribution in [3.8, 4) is 0 Å². The number of hydrogen-bond acceptors (Lipinski definition) is 3. The van der Waals surface area contributed by atoms with E-state index in [1.165, 1.54) is 25.7 Å². The van der Waals surface area contributed by atoms with Gasteiger partial charge in [-0.3, -0.25) is 9.69 Å². The van der Waals surface area contributed by atoms with Crippen LogP contribution in [-0.4, -0.2) is 48.6 Å². The van der Waals surface area contributed by atoms with Gasteiger partial charge in [0.25, 0.3) is 0 Å². The Morgan fingerprint density at radius 3 is 2.88 bits per heavy atom. The molecule has 3 rings (SSSR count). The maximum Gasteiger partial charge on any atom is 0.237 e.